The third kappa shape index (κ3) is 5.75. The number of benzene rings is 2. The number of carbonyl (C=O) groups is 1. The summed E-state index contributed by atoms with van der Waals surface area (Å²) >= 11 is 0. The largest absolute Gasteiger partial charge is 0.416 e. The van der Waals surface area contributed by atoms with Gasteiger partial charge >= 0.3 is 6.18 Å². The molecule has 0 bridgehead atoms. The number of halogens is 3. The van der Waals surface area contributed by atoms with Crippen LogP contribution in [0.25, 0.3) is 0 Å². The fourth-order valence-corrected chi connectivity index (χ4v) is 4.73. The van der Waals surface area contributed by atoms with Crippen LogP contribution in [0.5, 0.6) is 0 Å². The van der Waals surface area contributed by atoms with E-state index in [0.717, 1.165) is 12.1 Å². The number of nitrogens with one attached hydrogen (secondary N) is 2. The van der Waals surface area contributed by atoms with Gasteiger partial charge in [-0.15, -0.1) is 0 Å². The lowest BCUT2D eigenvalue weighted by atomic mass is 10.2. The number of nitrogens with zero attached hydrogens (tertiary/aromatic N) is 1. The molecule has 1 aliphatic heterocycles. The van der Waals surface area contributed by atoms with Crippen LogP contribution in [0.2, 0.25) is 0 Å². The van der Waals surface area contributed by atoms with Crippen LogP contribution in [0.15, 0.2) is 47.4 Å². The highest BCUT2D eigenvalue weighted by atomic mass is 32.2. The monoisotopic (exact) mass is 457 g/mol. The lowest BCUT2D eigenvalue weighted by Gasteiger charge is -2.26. The molecule has 1 heterocycles. The number of hydrogen-bond donors (Lipinski definition) is 2. The van der Waals surface area contributed by atoms with Crippen molar-refractivity contribution in [2.24, 2.45) is 0 Å². The quantitative estimate of drug-likeness (QED) is 0.696. The molecule has 0 spiro atoms. The molecule has 0 saturated carbocycles. The summed E-state index contributed by atoms with van der Waals surface area (Å²) < 4.78 is 70.7. The van der Waals surface area contributed by atoms with Gasteiger partial charge in [0.1, 0.15) is 0 Å². The second kappa shape index (κ2) is 9.25. The van der Waals surface area contributed by atoms with Crippen LogP contribution in [-0.2, 0) is 25.7 Å². The van der Waals surface area contributed by atoms with Crippen molar-refractivity contribution in [1.29, 1.82) is 0 Å². The van der Waals surface area contributed by atoms with Crippen molar-refractivity contribution >= 4 is 27.3 Å². The topological polar surface area (TPSA) is 87.7 Å². The van der Waals surface area contributed by atoms with E-state index in [-0.39, 0.29) is 35.9 Å². The second-order valence-electron chi connectivity index (χ2n) is 6.98. The lowest BCUT2D eigenvalue weighted by Crippen LogP contribution is -2.40. The number of anilines is 2. The minimum atomic E-state index is -4.48. The van der Waals surface area contributed by atoms with Crippen LogP contribution in [0, 0.1) is 6.92 Å². The zero-order valence-electron chi connectivity index (χ0n) is 16.7. The van der Waals surface area contributed by atoms with E-state index in [1.165, 1.54) is 22.5 Å². The zero-order valence-corrected chi connectivity index (χ0v) is 17.5. The summed E-state index contributed by atoms with van der Waals surface area (Å²) in [5, 5.41) is 5.20. The molecule has 0 aliphatic carbocycles. The minimum Gasteiger partial charge on any atom is -0.379 e. The molecule has 2 aromatic carbocycles. The molecule has 3 rings (SSSR count). The van der Waals surface area contributed by atoms with Gasteiger partial charge in [0.05, 0.1) is 30.2 Å². The Morgan fingerprint density at radius 1 is 1.10 bits per heavy atom. The summed E-state index contributed by atoms with van der Waals surface area (Å²) in [5.74, 6) is -0.531. The third-order valence-corrected chi connectivity index (χ3v) is 6.74. The molecule has 31 heavy (non-hydrogen) atoms. The molecule has 2 N–H and O–H groups in total. The minimum absolute atomic E-state index is 0.0815. The van der Waals surface area contributed by atoms with E-state index in [2.05, 4.69) is 10.6 Å². The smallest absolute Gasteiger partial charge is 0.379 e. The van der Waals surface area contributed by atoms with Crippen LogP contribution < -0.4 is 10.6 Å². The number of rotatable bonds is 6. The van der Waals surface area contributed by atoms with Gasteiger partial charge in [0.15, 0.2) is 0 Å². The molecule has 0 aromatic heterocycles. The molecule has 0 atom stereocenters. The van der Waals surface area contributed by atoms with Crippen LogP contribution >= 0.6 is 0 Å². The SMILES string of the molecule is Cc1ccc(NC(=O)CNc2cccc(C(F)(F)F)c2)cc1S(=O)(=O)N1CCOCC1. The fraction of sp³-hybridized carbons (Fsp3) is 0.350. The van der Waals surface area contributed by atoms with E-state index in [9.17, 15) is 26.4 Å². The van der Waals surface area contributed by atoms with Crippen molar-refractivity contribution in [1.82, 2.24) is 4.31 Å². The number of morpholine rings is 1. The van der Waals surface area contributed by atoms with Crippen LogP contribution in [0.4, 0.5) is 24.5 Å². The second-order valence-corrected chi connectivity index (χ2v) is 8.88. The summed E-state index contributed by atoms with van der Waals surface area (Å²) in [6, 6.07) is 9.04. The molecule has 0 unspecified atom stereocenters. The van der Waals surface area contributed by atoms with Crippen LogP contribution in [-0.4, -0.2) is 51.5 Å². The summed E-state index contributed by atoms with van der Waals surface area (Å²) in [6.45, 7) is 2.50. The number of ether oxygens (including phenoxy) is 1. The van der Waals surface area contributed by atoms with Gasteiger partial charge in [0.25, 0.3) is 0 Å². The summed E-state index contributed by atoms with van der Waals surface area (Å²) in [5.41, 5.74) is 0.124. The van der Waals surface area contributed by atoms with Gasteiger partial charge in [-0.2, -0.15) is 17.5 Å². The number of carbonyl (C=O) groups excluding carboxylic acids is 1. The Morgan fingerprint density at radius 2 is 1.81 bits per heavy atom. The van der Waals surface area contributed by atoms with E-state index < -0.39 is 27.7 Å². The van der Waals surface area contributed by atoms with Gasteiger partial charge in [-0.1, -0.05) is 12.1 Å². The van der Waals surface area contributed by atoms with Crippen molar-refractivity contribution in [3.8, 4) is 0 Å². The number of amides is 1. The first-order valence-corrected chi connectivity index (χ1v) is 10.9. The maximum atomic E-state index is 12.9. The van der Waals surface area contributed by atoms with Crippen LogP contribution in [0.1, 0.15) is 11.1 Å². The van der Waals surface area contributed by atoms with Crippen molar-refractivity contribution in [3.63, 3.8) is 0 Å². The highest BCUT2D eigenvalue weighted by molar-refractivity contribution is 7.89. The van der Waals surface area contributed by atoms with Gasteiger partial charge in [0.2, 0.25) is 15.9 Å². The predicted molar refractivity (Wildman–Crippen MR) is 109 cm³/mol. The van der Waals surface area contributed by atoms with E-state index in [1.54, 1.807) is 19.1 Å². The first-order chi connectivity index (χ1) is 14.6. The maximum Gasteiger partial charge on any atom is 0.416 e. The van der Waals surface area contributed by atoms with E-state index >= 15 is 0 Å². The first kappa shape index (κ1) is 23.0. The van der Waals surface area contributed by atoms with Gasteiger partial charge in [-0.05, 0) is 42.8 Å². The standard InChI is InChI=1S/C20H22F3N3O4S/c1-14-5-6-17(12-18(14)31(28,29)26-7-9-30-10-8-26)25-19(27)13-24-16-4-2-3-15(11-16)20(21,22)23/h2-6,11-12,24H,7-10,13H2,1H3,(H,25,27). The van der Waals surface area contributed by atoms with Crippen LogP contribution in [0.3, 0.4) is 0 Å². The molecule has 1 amide bonds. The number of alkyl halides is 3. The van der Waals surface area contributed by atoms with E-state index in [0.29, 0.717) is 18.8 Å². The molecular formula is C20H22F3N3O4S. The molecule has 1 fully saturated rings. The summed E-state index contributed by atoms with van der Waals surface area (Å²) in [7, 11) is -3.75. The molecule has 11 heteroatoms. The summed E-state index contributed by atoms with van der Waals surface area (Å²) in [4.78, 5) is 12.3. The number of aryl methyl sites for hydroxylation is 1. The molecule has 1 saturated heterocycles. The molecule has 168 valence electrons. The molecule has 0 radical (unpaired) electrons. The molecular weight excluding hydrogens is 435 g/mol. The Bertz CT molecular complexity index is 1050. The molecule has 1 aliphatic rings. The number of hydrogen-bond acceptors (Lipinski definition) is 5. The van der Waals surface area contributed by atoms with Crippen molar-refractivity contribution in [2.75, 3.05) is 43.5 Å². The highest BCUT2D eigenvalue weighted by Crippen LogP contribution is 2.30. The first-order valence-electron chi connectivity index (χ1n) is 9.47. The lowest BCUT2D eigenvalue weighted by molar-refractivity contribution is -0.137. The Labute approximate surface area is 178 Å². The maximum absolute atomic E-state index is 12.9. The van der Waals surface area contributed by atoms with Crippen molar-refractivity contribution < 1.29 is 31.1 Å². The Kier molecular flexibility index (Phi) is 6.87. The fourth-order valence-electron chi connectivity index (χ4n) is 3.07. The number of sulfonamides is 1. The average Bonchev–Trinajstić information content (AvgIpc) is 2.74. The predicted octanol–water partition coefficient (Wildman–Crippen LogP) is 3.09. The van der Waals surface area contributed by atoms with Gasteiger partial charge in [-0.25, -0.2) is 8.42 Å². The van der Waals surface area contributed by atoms with E-state index in [1.807, 2.05) is 0 Å². The Morgan fingerprint density at radius 3 is 2.48 bits per heavy atom. The van der Waals surface area contributed by atoms with Gasteiger partial charge in [0, 0.05) is 24.5 Å². The zero-order chi connectivity index (χ0) is 22.6. The van der Waals surface area contributed by atoms with Gasteiger partial charge < -0.3 is 15.4 Å². The van der Waals surface area contributed by atoms with E-state index in [4.69, 9.17) is 4.74 Å². The Balaban J connectivity index is 1.68. The molecule has 7 nitrogen and oxygen atoms in total. The average molecular weight is 457 g/mol. The highest BCUT2D eigenvalue weighted by Gasteiger charge is 2.30. The normalized spacial score (nSPS) is 15.5. The Hall–Kier alpha value is -2.63. The van der Waals surface area contributed by atoms with Crippen molar-refractivity contribution in [2.45, 2.75) is 18.0 Å². The molecule has 2 aromatic rings. The summed E-state index contributed by atoms with van der Waals surface area (Å²) in [6.07, 6.45) is -4.48. The van der Waals surface area contributed by atoms with Crippen molar-refractivity contribution in [3.05, 3.63) is 53.6 Å². The van der Waals surface area contributed by atoms with Gasteiger partial charge in [-0.3, -0.25) is 4.79 Å². The third-order valence-electron chi connectivity index (χ3n) is 4.70.